The summed E-state index contributed by atoms with van der Waals surface area (Å²) in [6, 6.07) is 20.4. The van der Waals surface area contributed by atoms with E-state index >= 15 is 0 Å². The van der Waals surface area contributed by atoms with Crippen molar-refractivity contribution < 1.29 is 14.3 Å². The van der Waals surface area contributed by atoms with Crippen molar-refractivity contribution in [3.05, 3.63) is 83.7 Å². The Morgan fingerprint density at radius 2 is 1.67 bits per heavy atom. The molecule has 0 radical (unpaired) electrons. The molecule has 2 saturated heterocycles. The van der Waals surface area contributed by atoms with E-state index in [-0.39, 0.29) is 5.82 Å². The van der Waals surface area contributed by atoms with Crippen LogP contribution in [0, 0.1) is 11.7 Å². The van der Waals surface area contributed by atoms with Gasteiger partial charge in [-0.1, -0.05) is 54.6 Å². The lowest BCUT2D eigenvalue weighted by Gasteiger charge is -2.34. The highest BCUT2D eigenvalue weighted by Gasteiger charge is 2.35. The van der Waals surface area contributed by atoms with E-state index in [1.807, 2.05) is 54.6 Å². The van der Waals surface area contributed by atoms with Crippen LogP contribution in [0.4, 0.5) is 4.39 Å². The van der Waals surface area contributed by atoms with Crippen molar-refractivity contribution in [3.8, 4) is 0 Å². The molecule has 2 fully saturated rings. The summed E-state index contributed by atoms with van der Waals surface area (Å²) in [5, 5.41) is 12.2. The van der Waals surface area contributed by atoms with E-state index in [1.54, 1.807) is 12.1 Å². The molecular formula is C28H31FN2O2. The number of hydrogen-bond donors (Lipinski definition) is 1. The minimum Gasteiger partial charge on any atom is -0.480 e. The van der Waals surface area contributed by atoms with Crippen LogP contribution in [0.5, 0.6) is 0 Å². The predicted octanol–water partition coefficient (Wildman–Crippen LogP) is 5.31. The van der Waals surface area contributed by atoms with Gasteiger partial charge in [-0.15, -0.1) is 0 Å². The molecule has 1 N–H and O–H groups in total. The summed E-state index contributed by atoms with van der Waals surface area (Å²) in [4.78, 5) is 17.0. The lowest BCUT2D eigenvalue weighted by atomic mass is 9.89. The molecule has 3 aromatic rings. The minimum atomic E-state index is -0.771. The van der Waals surface area contributed by atoms with Gasteiger partial charge in [0.2, 0.25) is 0 Å². The lowest BCUT2D eigenvalue weighted by molar-refractivity contribution is -0.143. The molecule has 0 saturated carbocycles. The molecule has 4 nitrogen and oxygen atoms in total. The number of fused-ring (bicyclic) bond motifs is 1. The Labute approximate surface area is 194 Å². The molecule has 0 aromatic heterocycles. The number of carboxylic acid groups (broad SMARTS) is 1. The maximum absolute atomic E-state index is 13.2. The quantitative estimate of drug-likeness (QED) is 0.558. The van der Waals surface area contributed by atoms with Crippen molar-refractivity contribution in [1.29, 1.82) is 0 Å². The smallest absolute Gasteiger partial charge is 0.325 e. The molecule has 0 amide bonds. The van der Waals surface area contributed by atoms with Crippen LogP contribution in [0.25, 0.3) is 10.8 Å². The van der Waals surface area contributed by atoms with Crippen molar-refractivity contribution in [2.24, 2.45) is 5.92 Å². The molecule has 2 aliphatic rings. The van der Waals surface area contributed by atoms with Gasteiger partial charge in [0.05, 0.1) is 0 Å². The Hall–Kier alpha value is -2.76. The minimum absolute atomic E-state index is 0.176. The average molecular weight is 447 g/mol. The summed E-state index contributed by atoms with van der Waals surface area (Å²) < 4.78 is 13.2. The van der Waals surface area contributed by atoms with Gasteiger partial charge in [-0.05, 0) is 84.8 Å². The van der Waals surface area contributed by atoms with E-state index in [0.29, 0.717) is 11.8 Å². The molecule has 2 aliphatic heterocycles. The van der Waals surface area contributed by atoms with Gasteiger partial charge in [0.15, 0.2) is 0 Å². The molecule has 5 heteroatoms. The third kappa shape index (κ3) is 4.80. The summed E-state index contributed by atoms with van der Waals surface area (Å²) in [6.45, 7) is 4.75. The average Bonchev–Trinajstić information content (AvgIpc) is 3.28. The van der Waals surface area contributed by atoms with Gasteiger partial charge >= 0.3 is 5.97 Å². The van der Waals surface area contributed by atoms with Crippen molar-refractivity contribution in [1.82, 2.24) is 9.80 Å². The standard InChI is InChI=1S/C28H31FN2O2/c29-24-10-8-21(9-11-24)22-13-15-30(16-14-22)18-20-12-17-31(19-20)27(28(32)33)26-7-3-5-23-4-1-2-6-25(23)26/h1-11,20,22,27H,12-19H2,(H,32,33)/t20-,27?/m1/s1. The third-order valence-electron chi connectivity index (χ3n) is 7.48. The van der Waals surface area contributed by atoms with E-state index in [0.717, 1.165) is 68.3 Å². The highest BCUT2D eigenvalue weighted by molar-refractivity contribution is 5.90. The third-order valence-corrected chi connectivity index (χ3v) is 7.48. The number of hydrogen-bond acceptors (Lipinski definition) is 3. The Kier molecular flexibility index (Phi) is 6.43. The van der Waals surface area contributed by atoms with Crippen molar-refractivity contribution in [3.63, 3.8) is 0 Å². The number of likely N-dealkylation sites (tertiary alicyclic amines) is 2. The fraction of sp³-hybridized carbons (Fsp3) is 0.393. The molecule has 33 heavy (non-hydrogen) atoms. The molecular weight excluding hydrogens is 415 g/mol. The van der Waals surface area contributed by atoms with Gasteiger partial charge in [0, 0.05) is 13.1 Å². The second-order valence-electron chi connectivity index (χ2n) is 9.59. The first-order chi connectivity index (χ1) is 16.1. The van der Waals surface area contributed by atoms with Gasteiger partial charge in [-0.2, -0.15) is 0 Å². The predicted molar refractivity (Wildman–Crippen MR) is 129 cm³/mol. The van der Waals surface area contributed by atoms with Crippen LogP contribution in [0.1, 0.15) is 42.3 Å². The first kappa shape index (κ1) is 22.1. The van der Waals surface area contributed by atoms with Gasteiger partial charge in [0.25, 0.3) is 0 Å². The highest BCUT2D eigenvalue weighted by Crippen LogP contribution is 2.34. The lowest BCUT2D eigenvalue weighted by Crippen LogP contribution is -2.38. The van der Waals surface area contributed by atoms with Crippen LogP contribution in [0.15, 0.2) is 66.7 Å². The van der Waals surface area contributed by atoms with E-state index < -0.39 is 12.0 Å². The number of benzene rings is 3. The second kappa shape index (κ2) is 9.62. The zero-order valence-electron chi connectivity index (χ0n) is 18.9. The van der Waals surface area contributed by atoms with Crippen LogP contribution < -0.4 is 0 Å². The Morgan fingerprint density at radius 1 is 0.939 bits per heavy atom. The number of rotatable bonds is 6. The van der Waals surface area contributed by atoms with Crippen molar-refractivity contribution in [2.75, 3.05) is 32.7 Å². The van der Waals surface area contributed by atoms with Crippen LogP contribution in [-0.4, -0.2) is 53.6 Å². The summed E-state index contributed by atoms with van der Waals surface area (Å²) in [5.41, 5.74) is 2.13. The Morgan fingerprint density at radius 3 is 2.42 bits per heavy atom. The molecule has 3 aromatic carbocycles. The van der Waals surface area contributed by atoms with Gasteiger partial charge in [0.1, 0.15) is 11.9 Å². The topological polar surface area (TPSA) is 43.8 Å². The fourth-order valence-electron chi connectivity index (χ4n) is 5.77. The van der Waals surface area contributed by atoms with E-state index in [2.05, 4.69) is 9.80 Å². The maximum atomic E-state index is 13.2. The molecule has 0 spiro atoms. The van der Waals surface area contributed by atoms with Crippen LogP contribution in [0.3, 0.4) is 0 Å². The summed E-state index contributed by atoms with van der Waals surface area (Å²) in [7, 11) is 0. The highest BCUT2D eigenvalue weighted by atomic mass is 19.1. The molecule has 0 aliphatic carbocycles. The van der Waals surface area contributed by atoms with E-state index in [9.17, 15) is 14.3 Å². The van der Waals surface area contributed by atoms with Crippen molar-refractivity contribution in [2.45, 2.75) is 31.2 Å². The number of nitrogens with zero attached hydrogens (tertiary/aromatic N) is 2. The molecule has 1 unspecified atom stereocenters. The van der Waals surface area contributed by atoms with Crippen LogP contribution >= 0.6 is 0 Å². The number of aliphatic carboxylic acids is 1. The monoisotopic (exact) mass is 446 g/mol. The first-order valence-corrected chi connectivity index (χ1v) is 12.0. The van der Waals surface area contributed by atoms with Crippen molar-refractivity contribution >= 4 is 16.7 Å². The van der Waals surface area contributed by atoms with Gasteiger partial charge in [-0.3, -0.25) is 9.69 Å². The Bertz CT molecular complexity index is 1100. The summed E-state index contributed by atoms with van der Waals surface area (Å²) >= 11 is 0. The van der Waals surface area contributed by atoms with Gasteiger partial charge in [-0.25, -0.2) is 4.39 Å². The number of carboxylic acids is 1. The second-order valence-corrected chi connectivity index (χ2v) is 9.59. The summed E-state index contributed by atoms with van der Waals surface area (Å²) in [6.07, 6.45) is 3.22. The zero-order chi connectivity index (χ0) is 22.8. The maximum Gasteiger partial charge on any atom is 0.325 e. The molecule has 5 rings (SSSR count). The molecule has 2 atom stereocenters. The molecule has 172 valence electrons. The Balaban J connectivity index is 1.21. The summed E-state index contributed by atoms with van der Waals surface area (Å²) in [5.74, 6) is 0.0473. The molecule has 0 bridgehead atoms. The first-order valence-electron chi connectivity index (χ1n) is 12.0. The number of piperidine rings is 1. The zero-order valence-corrected chi connectivity index (χ0v) is 18.9. The number of halogens is 1. The van der Waals surface area contributed by atoms with E-state index in [4.69, 9.17) is 0 Å². The molecule has 2 heterocycles. The fourth-order valence-corrected chi connectivity index (χ4v) is 5.77. The largest absolute Gasteiger partial charge is 0.480 e. The normalized spacial score (nSPS) is 21.4. The van der Waals surface area contributed by atoms with Gasteiger partial charge < -0.3 is 10.0 Å². The van der Waals surface area contributed by atoms with E-state index in [1.165, 1.54) is 5.56 Å². The van der Waals surface area contributed by atoms with Crippen LogP contribution in [-0.2, 0) is 4.79 Å². The SMILES string of the molecule is O=C(O)C(c1cccc2ccccc12)N1CC[C@H](CN2CCC(c3ccc(F)cc3)CC2)C1. The van der Waals surface area contributed by atoms with Crippen LogP contribution in [0.2, 0.25) is 0 Å². The number of carbonyl (C=O) groups is 1.